The molecule has 1 aromatic heterocycles. The van der Waals surface area contributed by atoms with Gasteiger partial charge in [0.2, 0.25) is 5.91 Å². The summed E-state index contributed by atoms with van der Waals surface area (Å²) in [6.07, 6.45) is 3.85. The van der Waals surface area contributed by atoms with E-state index in [4.69, 9.17) is 4.74 Å². The molecule has 1 aromatic carbocycles. The van der Waals surface area contributed by atoms with Gasteiger partial charge in [-0.2, -0.15) is 5.10 Å². The summed E-state index contributed by atoms with van der Waals surface area (Å²) >= 11 is 0. The zero-order chi connectivity index (χ0) is 16.9. The lowest BCUT2D eigenvalue weighted by Gasteiger charge is -2.33. The topological polar surface area (TPSA) is 50.6 Å². The van der Waals surface area contributed by atoms with Crippen LogP contribution in [0.25, 0.3) is 0 Å². The van der Waals surface area contributed by atoms with E-state index in [1.54, 1.807) is 22.8 Å². The molecule has 6 heteroatoms. The maximum atomic E-state index is 12.5. The lowest BCUT2D eigenvalue weighted by molar-refractivity contribution is -0.123. The van der Waals surface area contributed by atoms with Gasteiger partial charge in [-0.25, -0.2) is 0 Å². The monoisotopic (exact) mass is 328 g/mol. The van der Waals surface area contributed by atoms with Crippen LogP contribution in [0.1, 0.15) is 12.0 Å². The van der Waals surface area contributed by atoms with E-state index in [0.29, 0.717) is 13.0 Å². The fraction of sp³-hybridized carbons (Fsp3) is 0.444. The summed E-state index contributed by atoms with van der Waals surface area (Å²) in [7, 11) is 3.62. The van der Waals surface area contributed by atoms with Crippen LogP contribution in [0.4, 0.5) is 5.69 Å². The Hall–Kier alpha value is -2.18. The number of benzene rings is 1. The molecular formula is C18H24N4O2. The molecule has 1 fully saturated rings. The molecule has 1 amide bonds. The first-order chi connectivity index (χ1) is 11.6. The first-order valence-corrected chi connectivity index (χ1v) is 8.25. The number of hydrogen-bond acceptors (Lipinski definition) is 4. The van der Waals surface area contributed by atoms with Gasteiger partial charge in [-0.1, -0.05) is 30.3 Å². The molecule has 0 saturated carbocycles. The molecular weight excluding hydrogens is 304 g/mol. The van der Waals surface area contributed by atoms with E-state index in [1.807, 2.05) is 19.3 Å². The van der Waals surface area contributed by atoms with Crippen molar-refractivity contribution in [1.29, 1.82) is 0 Å². The average Bonchev–Trinajstić information content (AvgIpc) is 3.02. The van der Waals surface area contributed by atoms with Crippen molar-refractivity contribution in [3.8, 4) is 0 Å². The molecule has 3 rings (SSSR count). The maximum Gasteiger partial charge on any atom is 0.229 e. The van der Waals surface area contributed by atoms with E-state index in [9.17, 15) is 4.79 Å². The second-order valence-electron chi connectivity index (χ2n) is 6.24. The lowest BCUT2D eigenvalue weighted by atomic mass is 10.1. The summed E-state index contributed by atoms with van der Waals surface area (Å²) in [6, 6.07) is 10.4. The fourth-order valence-electron chi connectivity index (χ4n) is 2.95. The van der Waals surface area contributed by atoms with Gasteiger partial charge in [0.05, 0.1) is 31.0 Å². The number of morpholine rings is 1. The molecule has 0 unspecified atom stereocenters. The number of carbonyl (C=O) groups is 1. The second-order valence-corrected chi connectivity index (χ2v) is 6.24. The van der Waals surface area contributed by atoms with Crippen molar-refractivity contribution in [3.05, 3.63) is 48.3 Å². The summed E-state index contributed by atoms with van der Waals surface area (Å²) in [5.41, 5.74) is 2.09. The van der Waals surface area contributed by atoms with E-state index in [2.05, 4.69) is 34.3 Å². The highest BCUT2D eigenvalue weighted by Gasteiger charge is 2.25. The molecule has 0 spiro atoms. The van der Waals surface area contributed by atoms with E-state index < -0.39 is 0 Å². The van der Waals surface area contributed by atoms with Crippen LogP contribution in [-0.2, 0) is 23.1 Å². The molecule has 1 aliphatic rings. The van der Waals surface area contributed by atoms with Gasteiger partial charge in [-0.3, -0.25) is 14.4 Å². The minimum absolute atomic E-state index is 0.0505. The van der Waals surface area contributed by atoms with Crippen molar-refractivity contribution >= 4 is 11.6 Å². The molecule has 24 heavy (non-hydrogen) atoms. The third-order valence-corrected chi connectivity index (χ3v) is 4.33. The Labute approximate surface area is 142 Å². The minimum atomic E-state index is -0.0610. The number of ether oxygens (including phenoxy) is 1. The highest BCUT2D eigenvalue weighted by molar-refractivity contribution is 5.92. The first kappa shape index (κ1) is 16.7. The van der Waals surface area contributed by atoms with Gasteiger partial charge in [0.15, 0.2) is 0 Å². The SMILES string of the molecule is CN(C(=O)C[C@@H]1CN(Cc2ccccc2)CCO1)c1cnn(C)c1. The second kappa shape index (κ2) is 7.59. The molecule has 0 N–H and O–H groups in total. The van der Waals surface area contributed by atoms with E-state index >= 15 is 0 Å². The predicted molar refractivity (Wildman–Crippen MR) is 92.7 cm³/mol. The Kier molecular flexibility index (Phi) is 5.27. The van der Waals surface area contributed by atoms with Crippen LogP contribution in [0.2, 0.25) is 0 Å². The Bertz CT molecular complexity index is 671. The Balaban J connectivity index is 1.54. The summed E-state index contributed by atoms with van der Waals surface area (Å²) in [6.45, 7) is 3.24. The van der Waals surface area contributed by atoms with Crippen LogP contribution >= 0.6 is 0 Å². The van der Waals surface area contributed by atoms with Crippen LogP contribution in [0.3, 0.4) is 0 Å². The fourth-order valence-corrected chi connectivity index (χ4v) is 2.95. The number of aromatic nitrogens is 2. The molecule has 1 atom stereocenters. The molecule has 2 heterocycles. The first-order valence-electron chi connectivity index (χ1n) is 8.25. The molecule has 128 valence electrons. The molecule has 6 nitrogen and oxygen atoms in total. The average molecular weight is 328 g/mol. The van der Waals surface area contributed by atoms with Gasteiger partial charge in [0.25, 0.3) is 0 Å². The van der Waals surface area contributed by atoms with Crippen LogP contribution in [0.5, 0.6) is 0 Å². The van der Waals surface area contributed by atoms with Crippen molar-refractivity contribution in [2.24, 2.45) is 7.05 Å². The number of nitrogens with zero attached hydrogens (tertiary/aromatic N) is 4. The number of aryl methyl sites for hydroxylation is 1. The quantitative estimate of drug-likeness (QED) is 0.838. The maximum absolute atomic E-state index is 12.5. The van der Waals surface area contributed by atoms with E-state index in [0.717, 1.165) is 25.3 Å². The van der Waals surface area contributed by atoms with Crippen LogP contribution in [0.15, 0.2) is 42.7 Å². The Morgan fingerprint density at radius 1 is 1.38 bits per heavy atom. The standard InChI is InChI=1S/C18H24N4O2/c1-20-13-16(11-19-20)21(2)18(23)10-17-14-22(8-9-24-17)12-15-6-4-3-5-7-15/h3-7,11,13,17H,8-10,12,14H2,1-2H3/t17-/m1/s1. The lowest BCUT2D eigenvalue weighted by Crippen LogP contribution is -2.44. The molecule has 2 aromatic rings. The van der Waals surface area contributed by atoms with Crippen LogP contribution < -0.4 is 4.90 Å². The normalized spacial score (nSPS) is 18.5. The molecule has 1 aliphatic heterocycles. The van der Waals surface area contributed by atoms with Gasteiger partial charge in [-0.05, 0) is 5.56 Å². The summed E-state index contributed by atoms with van der Waals surface area (Å²) in [4.78, 5) is 16.5. The molecule has 0 aliphatic carbocycles. The Morgan fingerprint density at radius 2 is 2.17 bits per heavy atom. The summed E-state index contributed by atoms with van der Waals surface area (Å²) in [5.74, 6) is 0.0505. The largest absolute Gasteiger partial charge is 0.375 e. The van der Waals surface area contributed by atoms with Gasteiger partial charge in [0.1, 0.15) is 0 Å². The summed E-state index contributed by atoms with van der Waals surface area (Å²) in [5, 5.41) is 4.11. The highest BCUT2D eigenvalue weighted by Crippen LogP contribution is 2.16. The van der Waals surface area contributed by atoms with Crippen molar-refractivity contribution in [2.45, 2.75) is 19.1 Å². The predicted octanol–water partition coefficient (Wildman–Crippen LogP) is 1.67. The number of rotatable bonds is 5. The van der Waals surface area contributed by atoms with Crippen molar-refractivity contribution < 1.29 is 9.53 Å². The molecule has 0 bridgehead atoms. The van der Waals surface area contributed by atoms with Crippen LogP contribution in [-0.4, -0.2) is 53.4 Å². The van der Waals surface area contributed by atoms with Gasteiger partial charge < -0.3 is 9.64 Å². The third-order valence-electron chi connectivity index (χ3n) is 4.33. The smallest absolute Gasteiger partial charge is 0.229 e. The zero-order valence-electron chi connectivity index (χ0n) is 14.3. The van der Waals surface area contributed by atoms with Crippen LogP contribution in [0, 0.1) is 0 Å². The van der Waals surface area contributed by atoms with E-state index in [-0.39, 0.29) is 12.0 Å². The van der Waals surface area contributed by atoms with Gasteiger partial charge in [-0.15, -0.1) is 0 Å². The highest BCUT2D eigenvalue weighted by atomic mass is 16.5. The Morgan fingerprint density at radius 3 is 2.88 bits per heavy atom. The molecule has 1 saturated heterocycles. The van der Waals surface area contributed by atoms with E-state index in [1.165, 1.54) is 5.56 Å². The number of hydrogen-bond donors (Lipinski definition) is 0. The minimum Gasteiger partial charge on any atom is -0.375 e. The van der Waals surface area contributed by atoms with Gasteiger partial charge >= 0.3 is 0 Å². The number of carbonyl (C=O) groups excluding carboxylic acids is 1. The van der Waals surface area contributed by atoms with Crippen molar-refractivity contribution in [3.63, 3.8) is 0 Å². The van der Waals surface area contributed by atoms with Crippen molar-refractivity contribution in [1.82, 2.24) is 14.7 Å². The third kappa shape index (κ3) is 4.21. The number of anilines is 1. The molecule has 0 radical (unpaired) electrons. The summed E-state index contributed by atoms with van der Waals surface area (Å²) < 4.78 is 7.49. The number of amides is 1. The van der Waals surface area contributed by atoms with Gasteiger partial charge in [0, 0.05) is 39.9 Å². The van der Waals surface area contributed by atoms with Crippen molar-refractivity contribution in [2.75, 3.05) is 31.6 Å². The zero-order valence-corrected chi connectivity index (χ0v) is 14.3.